The molecule has 1 heterocycles. The Bertz CT molecular complexity index is 268. The molecule has 1 unspecified atom stereocenters. The monoisotopic (exact) mass is 197 g/mol. The first kappa shape index (κ1) is 9.16. The Labute approximate surface area is 82.8 Å². The summed E-state index contributed by atoms with van der Waals surface area (Å²) in [5.41, 5.74) is 0.239. The summed E-state index contributed by atoms with van der Waals surface area (Å²) in [6.45, 7) is 2.04. The molecular formula is C10H15NOS. The number of nitrogens with zero attached hydrogens (tertiary/aromatic N) is 1. The quantitative estimate of drug-likeness (QED) is 0.807. The molecule has 0 radical (unpaired) electrons. The van der Waals surface area contributed by atoms with Crippen LogP contribution < -0.4 is 0 Å². The zero-order valence-corrected chi connectivity index (χ0v) is 8.68. The van der Waals surface area contributed by atoms with Crippen molar-refractivity contribution in [3.8, 4) is 0 Å². The van der Waals surface area contributed by atoms with E-state index in [1.54, 1.807) is 0 Å². The molecule has 1 N–H and O–H groups in total. The van der Waals surface area contributed by atoms with E-state index in [9.17, 15) is 5.11 Å². The number of aromatic nitrogens is 1. The topological polar surface area (TPSA) is 33.1 Å². The van der Waals surface area contributed by atoms with E-state index in [4.69, 9.17) is 0 Å². The first-order valence-electron chi connectivity index (χ1n) is 4.90. The zero-order valence-electron chi connectivity index (χ0n) is 7.86. The van der Waals surface area contributed by atoms with Gasteiger partial charge in [0.15, 0.2) is 0 Å². The van der Waals surface area contributed by atoms with Gasteiger partial charge in [0.2, 0.25) is 0 Å². The summed E-state index contributed by atoms with van der Waals surface area (Å²) >= 11 is 1.42. The minimum absolute atomic E-state index is 0.444. The summed E-state index contributed by atoms with van der Waals surface area (Å²) in [7, 11) is 0. The van der Waals surface area contributed by atoms with E-state index >= 15 is 0 Å². The van der Waals surface area contributed by atoms with Crippen LogP contribution in [0.3, 0.4) is 0 Å². The molecule has 2 rings (SSSR count). The van der Waals surface area contributed by atoms with Gasteiger partial charge in [-0.05, 0) is 42.8 Å². The van der Waals surface area contributed by atoms with E-state index in [0.29, 0.717) is 5.92 Å². The van der Waals surface area contributed by atoms with Crippen molar-refractivity contribution in [2.24, 2.45) is 5.92 Å². The largest absolute Gasteiger partial charge is 0.383 e. The molecule has 1 saturated carbocycles. The third-order valence-electron chi connectivity index (χ3n) is 3.20. The van der Waals surface area contributed by atoms with Crippen molar-refractivity contribution in [2.75, 3.05) is 0 Å². The van der Waals surface area contributed by atoms with E-state index in [0.717, 1.165) is 25.0 Å². The lowest BCUT2D eigenvalue weighted by molar-refractivity contribution is -0.0622. The molecule has 1 aromatic heterocycles. The van der Waals surface area contributed by atoms with E-state index in [2.05, 4.69) is 4.37 Å². The molecule has 1 fully saturated rings. The molecule has 1 aliphatic carbocycles. The maximum absolute atomic E-state index is 10.4. The van der Waals surface area contributed by atoms with Crippen LogP contribution in [-0.4, -0.2) is 9.48 Å². The highest BCUT2D eigenvalue weighted by Crippen LogP contribution is 2.43. The molecule has 72 valence electrons. The van der Waals surface area contributed by atoms with E-state index in [1.165, 1.54) is 18.0 Å². The van der Waals surface area contributed by atoms with Crippen LogP contribution >= 0.6 is 11.5 Å². The fraction of sp³-hybridized carbons (Fsp3) is 0.700. The minimum Gasteiger partial charge on any atom is -0.383 e. The normalized spacial score (nSPS) is 22.3. The maximum atomic E-state index is 10.4. The van der Waals surface area contributed by atoms with E-state index in [-0.39, 0.29) is 0 Å². The van der Waals surface area contributed by atoms with Gasteiger partial charge in [-0.15, -0.1) is 0 Å². The van der Waals surface area contributed by atoms with Crippen LogP contribution in [-0.2, 0) is 5.60 Å². The van der Waals surface area contributed by atoms with Gasteiger partial charge in [0.1, 0.15) is 5.60 Å². The molecule has 0 aromatic carbocycles. The summed E-state index contributed by atoms with van der Waals surface area (Å²) in [6.07, 6.45) is 4.35. The van der Waals surface area contributed by atoms with Gasteiger partial charge in [0.05, 0.1) is 5.69 Å². The molecule has 0 amide bonds. The van der Waals surface area contributed by atoms with Crippen molar-refractivity contribution >= 4 is 11.5 Å². The van der Waals surface area contributed by atoms with Gasteiger partial charge in [-0.1, -0.05) is 13.3 Å². The Morgan fingerprint density at radius 3 is 2.85 bits per heavy atom. The Hall–Kier alpha value is -0.410. The molecule has 0 aliphatic heterocycles. The van der Waals surface area contributed by atoms with Crippen LogP contribution in [0.2, 0.25) is 0 Å². The van der Waals surface area contributed by atoms with Gasteiger partial charge in [-0.3, -0.25) is 0 Å². The summed E-state index contributed by atoms with van der Waals surface area (Å²) in [4.78, 5) is 0. The molecule has 0 saturated heterocycles. The number of rotatable bonds is 3. The summed E-state index contributed by atoms with van der Waals surface area (Å²) < 4.78 is 4.25. The summed E-state index contributed by atoms with van der Waals surface area (Å²) in [5.74, 6) is 0.444. The van der Waals surface area contributed by atoms with Crippen LogP contribution in [0.5, 0.6) is 0 Å². The average Bonchev–Trinajstić information content (AvgIpc) is 2.52. The second-order valence-corrected chi connectivity index (χ2v) is 4.46. The summed E-state index contributed by atoms with van der Waals surface area (Å²) in [6, 6.07) is 1.95. The second kappa shape index (κ2) is 3.39. The van der Waals surface area contributed by atoms with Crippen molar-refractivity contribution in [2.45, 2.75) is 38.2 Å². The standard InChI is InChI=1S/C10H15NOS/c1-2-10(12,8-4-3-5-8)9-6-7-13-11-9/h6-8,12H,2-5H2,1H3. The fourth-order valence-corrected chi connectivity index (χ4v) is 2.58. The fourth-order valence-electron chi connectivity index (χ4n) is 2.00. The number of hydrogen-bond donors (Lipinski definition) is 1. The molecule has 0 spiro atoms. The van der Waals surface area contributed by atoms with Gasteiger partial charge in [0, 0.05) is 5.38 Å². The molecule has 2 nitrogen and oxygen atoms in total. The molecule has 1 atom stereocenters. The van der Waals surface area contributed by atoms with Gasteiger partial charge in [0.25, 0.3) is 0 Å². The van der Waals surface area contributed by atoms with Gasteiger partial charge >= 0.3 is 0 Å². The third-order valence-corrected chi connectivity index (χ3v) is 3.76. The first-order chi connectivity index (χ1) is 6.27. The predicted octanol–water partition coefficient (Wildman–Crippen LogP) is 2.54. The van der Waals surface area contributed by atoms with Crippen LogP contribution in [0.25, 0.3) is 0 Å². The highest BCUT2D eigenvalue weighted by Gasteiger charge is 2.41. The molecule has 1 aliphatic rings. The Kier molecular flexibility index (Phi) is 2.39. The summed E-state index contributed by atoms with van der Waals surface area (Å²) in [5, 5.41) is 12.4. The Morgan fingerprint density at radius 1 is 1.69 bits per heavy atom. The lowest BCUT2D eigenvalue weighted by Gasteiger charge is -2.39. The van der Waals surface area contributed by atoms with Gasteiger partial charge in [-0.2, -0.15) is 4.37 Å². The van der Waals surface area contributed by atoms with E-state index in [1.807, 2.05) is 18.4 Å². The molecule has 0 bridgehead atoms. The maximum Gasteiger partial charge on any atom is 0.110 e. The zero-order chi connectivity index (χ0) is 9.31. The average molecular weight is 197 g/mol. The second-order valence-electron chi connectivity index (χ2n) is 3.79. The van der Waals surface area contributed by atoms with Crippen molar-refractivity contribution in [3.05, 3.63) is 17.1 Å². The van der Waals surface area contributed by atoms with Crippen molar-refractivity contribution in [1.82, 2.24) is 4.37 Å². The first-order valence-corrected chi connectivity index (χ1v) is 5.74. The molecule has 13 heavy (non-hydrogen) atoms. The minimum atomic E-state index is -0.641. The van der Waals surface area contributed by atoms with Crippen molar-refractivity contribution in [3.63, 3.8) is 0 Å². The van der Waals surface area contributed by atoms with Crippen LogP contribution in [0.4, 0.5) is 0 Å². The van der Waals surface area contributed by atoms with Gasteiger partial charge < -0.3 is 5.11 Å². The Morgan fingerprint density at radius 2 is 2.46 bits per heavy atom. The number of aliphatic hydroxyl groups is 1. The highest BCUT2D eigenvalue weighted by molar-refractivity contribution is 7.03. The third kappa shape index (κ3) is 1.40. The predicted molar refractivity (Wildman–Crippen MR) is 53.6 cm³/mol. The Balaban J connectivity index is 2.23. The van der Waals surface area contributed by atoms with Crippen LogP contribution in [0, 0.1) is 5.92 Å². The van der Waals surface area contributed by atoms with Crippen molar-refractivity contribution in [1.29, 1.82) is 0 Å². The number of hydrogen-bond acceptors (Lipinski definition) is 3. The lowest BCUT2D eigenvalue weighted by atomic mass is 9.70. The SMILES string of the molecule is CCC(O)(c1ccsn1)C1CCC1. The lowest BCUT2D eigenvalue weighted by Crippen LogP contribution is -2.38. The van der Waals surface area contributed by atoms with Gasteiger partial charge in [-0.25, -0.2) is 0 Å². The van der Waals surface area contributed by atoms with Crippen molar-refractivity contribution < 1.29 is 5.11 Å². The van der Waals surface area contributed by atoms with E-state index < -0.39 is 5.60 Å². The highest BCUT2D eigenvalue weighted by atomic mass is 32.1. The molecule has 3 heteroatoms. The smallest absolute Gasteiger partial charge is 0.110 e. The van der Waals surface area contributed by atoms with Crippen LogP contribution in [0.15, 0.2) is 11.4 Å². The molecular weight excluding hydrogens is 182 g/mol. The molecule has 1 aromatic rings. The van der Waals surface area contributed by atoms with Crippen LogP contribution in [0.1, 0.15) is 38.3 Å².